The van der Waals surface area contributed by atoms with Gasteiger partial charge in [-0.05, 0) is 32.1 Å². The van der Waals surface area contributed by atoms with E-state index in [4.69, 9.17) is 0 Å². The summed E-state index contributed by atoms with van der Waals surface area (Å²) < 4.78 is 0. The predicted octanol–water partition coefficient (Wildman–Crippen LogP) is 3.51. The van der Waals surface area contributed by atoms with Crippen LogP contribution < -0.4 is 5.32 Å². The van der Waals surface area contributed by atoms with Gasteiger partial charge in [0.2, 0.25) is 0 Å². The summed E-state index contributed by atoms with van der Waals surface area (Å²) in [5.74, 6) is 1.74. The van der Waals surface area contributed by atoms with Crippen molar-refractivity contribution in [1.82, 2.24) is 10.2 Å². The number of allylic oxidation sites excluding steroid dienone is 1. The Balaban J connectivity index is 0. The lowest BCUT2D eigenvalue weighted by Crippen LogP contribution is -2.39. The second kappa shape index (κ2) is 13.2. The quantitative estimate of drug-likeness (QED) is 0.234. The van der Waals surface area contributed by atoms with E-state index in [0.717, 1.165) is 44.9 Å². The van der Waals surface area contributed by atoms with E-state index in [9.17, 15) is 0 Å². The Morgan fingerprint density at radius 1 is 1.44 bits per heavy atom. The second-order valence-corrected chi connectivity index (χ2v) is 4.77. The topological polar surface area (TPSA) is 27.6 Å². The van der Waals surface area contributed by atoms with Crippen LogP contribution in [0.1, 0.15) is 40.0 Å². The number of nitrogens with zero attached hydrogens (tertiary/aromatic N) is 2. The highest BCUT2D eigenvalue weighted by atomic mass is 127. The molecule has 0 spiro atoms. The van der Waals surface area contributed by atoms with E-state index in [0.29, 0.717) is 5.92 Å². The van der Waals surface area contributed by atoms with Crippen LogP contribution in [0.4, 0.5) is 0 Å². The van der Waals surface area contributed by atoms with Gasteiger partial charge in [0.05, 0.1) is 0 Å². The molecule has 0 atom stereocenters. The highest BCUT2D eigenvalue weighted by Gasteiger charge is 2.04. The fourth-order valence-electron chi connectivity index (χ4n) is 1.48. The third kappa shape index (κ3) is 10.9. The number of aliphatic imine (C=N–C) groups is 1. The summed E-state index contributed by atoms with van der Waals surface area (Å²) in [6, 6.07) is 0. The molecule has 0 aliphatic rings. The third-order valence-electron chi connectivity index (χ3n) is 2.57. The molecule has 0 aliphatic carbocycles. The van der Waals surface area contributed by atoms with Crippen molar-refractivity contribution in [3.63, 3.8) is 0 Å². The normalized spacial score (nSPS) is 11.1. The molecule has 0 aliphatic heterocycles. The molecule has 0 unspecified atom stereocenters. The Kier molecular flexibility index (Phi) is 14.7. The van der Waals surface area contributed by atoms with Crippen LogP contribution >= 0.6 is 24.0 Å². The van der Waals surface area contributed by atoms with Crippen molar-refractivity contribution in [3.8, 4) is 0 Å². The molecule has 4 heteroatoms. The van der Waals surface area contributed by atoms with Crippen molar-refractivity contribution >= 4 is 29.9 Å². The van der Waals surface area contributed by atoms with E-state index < -0.39 is 0 Å². The number of halogens is 1. The maximum Gasteiger partial charge on any atom is 0.193 e. The largest absolute Gasteiger partial charge is 0.357 e. The molecule has 0 radical (unpaired) electrons. The van der Waals surface area contributed by atoms with Crippen LogP contribution in [0.5, 0.6) is 0 Å². The fraction of sp³-hybridized carbons (Fsp3) is 0.786. The van der Waals surface area contributed by atoms with Crippen molar-refractivity contribution in [2.24, 2.45) is 10.9 Å². The maximum absolute atomic E-state index is 4.64. The molecule has 1 N–H and O–H groups in total. The first-order chi connectivity index (χ1) is 8.11. The molecule has 0 saturated heterocycles. The molecule has 0 heterocycles. The number of nitrogens with one attached hydrogen (secondary N) is 1. The van der Waals surface area contributed by atoms with E-state index in [1.54, 1.807) is 0 Å². The average molecular weight is 367 g/mol. The van der Waals surface area contributed by atoms with Crippen molar-refractivity contribution < 1.29 is 0 Å². The minimum absolute atomic E-state index is 0. The molecule has 108 valence electrons. The van der Waals surface area contributed by atoms with Gasteiger partial charge in [-0.25, -0.2) is 0 Å². The molecule has 18 heavy (non-hydrogen) atoms. The first-order valence-corrected chi connectivity index (χ1v) is 6.72. The van der Waals surface area contributed by atoms with Gasteiger partial charge in [-0.2, -0.15) is 0 Å². The molecule has 0 amide bonds. The monoisotopic (exact) mass is 367 g/mol. The van der Waals surface area contributed by atoms with Crippen LogP contribution in [0.3, 0.4) is 0 Å². The minimum atomic E-state index is 0. The lowest BCUT2D eigenvalue weighted by Gasteiger charge is -2.21. The number of guanidine groups is 1. The van der Waals surface area contributed by atoms with Gasteiger partial charge in [0.25, 0.3) is 0 Å². The lowest BCUT2D eigenvalue weighted by atomic mass is 10.1. The third-order valence-corrected chi connectivity index (χ3v) is 2.57. The van der Waals surface area contributed by atoms with Gasteiger partial charge < -0.3 is 10.2 Å². The molecule has 0 aromatic heterocycles. The van der Waals surface area contributed by atoms with Crippen LogP contribution in [-0.2, 0) is 0 Å². The predicted molar refractivity (Wildman–Crippen MR) is 92.9 cm³/mol. The molecule has 0 saturated carbocycles. The van der Waals surface area contributed by atoms with Crippen molar-refractivity contribution in [3.05, 3.63) is 12.7 Å². The zero-order chi connectivity index (χ0) is 13.1. The van der Waals surface area contributed by atoms with Crippen LogP contribution in [0.25, 0.3) is 0 Å². The number of hydrogen-bond donors (Lipinski definition) is 1. The zero-order valence-corrected chi connectivity index (χ0v) is 14.7. The SMILES string of the molecule is C=CCCCN(C)C(=NCCC(C)C)NCC.I. The number of unbranched alkanes of at least 4 members (excludes halogenated alkanes) is 1. The average Bonchev–Trinajstić information content (AvgIpc) is 2.27. The molecule has 3 nitrogen and oxygen atoms in total. The van der Waals surface area contributed by atoms with E-state index in [1.807, 2.05) is 6.08 Å². The second-order valence-electron chi connectivity index (χ2n) is 4.77. The van der Waals surface area contributed by atoms with Crippen LogP contribution in [-0.4, -0.2) is 37.5 Å². The highest BCUT2D eigenvalue weighted by molar-refractivity contribution is 14.0. The molecule has 0 aromatic rings. The summed E-state index contributed by atoms with van der Waals surface area (Å²) in [5, 5.41) is 3.33. The smallest absolute Gasteiger partial charge is 0.193 e. The summed E-state index contributed by atoms with van der Waals surface area (Å²) in [5.41, 5.74) is 0. The molecular weight excluding hydrogens is 337 g/mol. The first-order valence-electron chi connectivity index (χ1n) is 6.72. The molecule has 0 aromatic carbocycles. The Morgan fingerprint density at radius 3 is 2.61 bits per heavy atom. The standard InChI is InChI=1S/C14H29N3.HI/c1-6-8-9-12-17(5)14(15-7-2)16-11-10-13(3)4;/h6,13H,1,7-12H2,2-5H3,(H,15,16);1H. The van der Waals surface area contributed by atoms with Gasteiger partial charge in [0.1, 0.15) is 0 Å². The van der Waals surface area contributed by atoms with E-state index in [-0.39, 0.29) is 24.0 Å². The first kappa shape index (κ1) is 20.1. The summed E-state index contributed by atoms with van der Waals surface area (Å²) in [4.78, 5) is 6.84. The van der Waals surface area contributed by atoms with Crippen molar-refractivity contribution in [2.75, 3.05) is 26.7 Å². The van der Waals surface area contributed by atoms with E-state index in [2.05, 4.69) is 49.6 Å². The van der Waals surface area contributed by atoms with Crippen LogP contribution in [0.2, 0.25) is 0 Å². The van der Waals surface area contributed by atoms with Crippen molar-refractivity contribution in [1.29, 1.82) is 0 Å². The molecule has 0 rings (SSSR count). The van der Waals surface area contributed by atoms with Gasteiger partial charge in [-0.15, -0.1) is 30.6 Å². The van der Waals surface area contributed by atoms with Gasteiger partial charge in [0, 0.05) is 26.7 Å². The van der Waals surface area contributed by atoms with Gasteiger partial charge in [0.15, 0.2) is 5.96 Å². The Hall–Kier alpha value is -0.260. The summed E-state index contributed by atoms with van der Waals surface area (Å²) >= 11 is 0. The number of hydrogen-bond acceptors (Lipinski definition) is 1. The Bertz CT molecular complexity index is 227. The number of rotatable bonds is 8. The van der Waals surface area contributed by atoms with Crippen LogP contribution in [0.15, 0.2) is 17.6 Å². The molecule has 0 fully saturated rings. The summed E-state index contributed by atoms with van der Waals surface area (Å²) in [6.45, 7) is 13.2. The summed E-state index contributed by atoms with van der Waals surface area (Å²) in [7, 11) is 2.10. The van der Waals surface area contributed by atoms with E-state index in [1.165, 1.54) is 0 Å². The maximum atomic E-state index is 4.64. The molecular formula is C14H30IN3. The summed E-state index contributed by atoms with van der Waals surface area (Å²) in [6.07, 6.45) is 5.32. The highest BCUT2D eigenvalue weighted by Crippen LogP contribution is 2.00. The van der Waals surface area contributed by atoms with Gasteiger partial charge in [-0.1, -0.05) is 19.9 Å². The fourth-order valence-corrected chi connectivity index (χ4v) is 1.48. The minimum Gasteiger partial charge on any atom is -0.357 e. The zero-order valence-electron chi connectivity index (χ0n) is 12.4. The van der Waals surface area contributed by atoms with Crippen molar-refractivity contribution in [2.45, 2.75) is 40.0 Å². The van der Waals surface area contributed by atoms with Gasteiger partial charge >= 0.3 is 0 Å². The Labute approximate surface area is 130 Å². The van der Waals surface area contributed by atoms with Gasteiger partial charge in [-0.3, -0.25) is 4.99 Å². The lowest BCUT2D eigenvalue weighted by molar-refractivity contribution is 0.468. The van der Waals surface area contributed by atoms with Crippen LogP contribution in [0, 0.1) is 5.92 Å². The Morgan fingerprint density at radius 2 is 2.11 bits per heavy atom. The van der Waals surface area contributed by atoms with E-state index >= 15 is 0 Å². The molecule has 0 bridgehead atoms.